The van der Waals surface area contributed by atoms with E-state index in [2.05, 4.69) is 0 Å². The summed E-state index contributed by atoms with van der Waals surface area (Å²) in [6.45, 7) is 0. The van der Waals surface area contributed by atoms with Crippen LogP contribution in [0.25, 0.3) is 0 Å². The van der Waals surface area contributed by atoms with E-state index in [0.29, 0.717) is 5.92 Å². The largest absolute Gasteiger partial charge is 0.393 e. The highest BCUT2D eigenvalue weighted by Crippen LogP contribution is 2.43. The van der Waals surface area contributed by atoms with Gasteiger partial charge in [-0.2, -0.15) is 0 Å². The predicted molar refractivity (Wildman–Crippen MR) is 79.0 cm³/mol. The van der Waals surface area contributed by atoms with Gasteiger partial charge >= 0.3 is 0 Å². The first kappa shape index (κ1) is 15.0. The molecule has 2 fully saturated rings. The van der Waals surface area contributed by atoms with Crippen molar-refractivity contribution < 1.29 is 13.9 Å². The molecular formula is C18H24F2O. The van der Waals surface area contributed by atoms with Crippen molar-refractivity contribution >= 4 is 0 Å². The fourth-order valence-electron chi connectivity index (χ4n) is 4.26. The van der Waals surface area contributed by atoms with Gasteiger partial charge in [0.05, 0.1) is 6.10 Å². The van der Waals surface area contributed by atoms with E-state index in [0.717, 1.165) is 55.9 Å². The standard InChI is InChI=1S/C18H24F2O/c19-17-10-7-15(11-18(17)20)14-3-1-12(2-4-14)13-5-8-16(21)9-6-13/h7,10-14,16,21H,1-6,8-9H2/t12-,13-,14-,16-. The molecule has 2 saturated carbocycles. The number of aliphatic hydroxyl groups excluding tert-OH is 1. The Morgan fingerprint density at radius 3 is 1.90 bits per heavy atom. The Hall–Kier alpha value is -0.960. The molecule has 3 rings (SSSR count). The summed E-state index contributed by atoms with van der Waals surface area (Å²) in [7, 11) is 0. The molecule has 1 aromatic carbocycles. The number of halogens is 2. The summed E-state index contributed by atoms with van der Waals surface area (Å²) in [5.74, 6) is 0.424. The zero-order valence-corrected chi connectivity index (χ0v) is 12.4. The van der Waals surface area contributed by atoms with E-state index in [4.69, 9.17) is 0 Å². The van der Waals surface area contributed by atoms with Gasteiger partial charge in [0.25, 0.3) is 0 Å². The van der Waals surface area contributed by atoms with Crippen molar-refractivity contribution in [2.45, 2.75) is 63.4 Å². The van der Waals surface area contributed by atoms with Crippen LogP contribution in [0.15, 0.2) is 18.2 Å². The van der Waals surface area contributed by atoms with E-state index in [1.807, 2.05) is 0 Å². The molecule has 0 amide bonds. The van der Waals surface area contributed by atoms with Crippen molar-refractivity contribution in [2.24, 2.45) is 11.8 Å². The van der Waals surface area contributed by atoms with Gasteiger partial charge in [0.15, 0.2) is 11.6 Å². The minimum absolute atomic E-state index is 0.0835. The summed E-state index contributed by atoms with van der Waals surface area (Å²) in [6, 6.07) is 4.36. The normalized spacial score (nSPS) is 33.9. The minimum atomic E-state index is -0.756. The molecule has 1 nitrogen and oxygen atoms in total. The number of aliphatic hydroxyl groups is 1. The molecule has 0 aromatic heterocycles. The third-order valence-corrected chi connectivity index (χ3v) is 5.59. The average molecular weight is 294 g/mol. The molecule has 0 saturated heterocycles. The molecule has 2 aliphatic rings. The first-order valence-corrected chi connectivity index (χ1v) is 8.26. The molecule has 0 heterocycles. The Morgan fingerprint density at radius 1 is 0.762 bits per heavy atom. The molecule has 2 aliphatic carbocycles. The van der Waals surface area contributed by atoms with E-state index >= 15 is 0 Å². The lowest BCUT2D eigenvalue weighted by molar-refractivity contribution is 0.0805. The molecule has 0 aliphatic heterocycles. The Labute approximate surface area is 125 Å². The molecule has 0 unspecified atom stereocenters. The van der Waals surface area contributed by atoms with Gasteiger partial charge in [-0.3, -0.25) is 0 Å². The molecular weight excluding hydrogens is 270 g/mol. The SMILES string of the molecule is O[C@H]1CC[C@H]([C@H]2CC[C@H](c3ccc(F)c(F)c3)CC2)CC1. The van der Waals surface area contributed by atoms with E-state index in [1.54, 1.807) is 6.07 Å². The van der Waals surface area contributed by atoms with Crippen LogP contribution in [0.5, 0.6) is 0 Å². The predicted octanol–water partition coefficient (Wildman–Crippen LogP) is 4.79. The van der Waals surface area contributed by atoms with Crippen LogP contribution in [-0.4, -0.2) is 11.2 Å². The highest BCUT2D eigenvalue weighted by molar-refractivity contribution is 5.22. The zero-order valence-electron chi connectivity index (χ0n) is 12.4. The molecule has 0 radical (unpaired) electrons. The van der Waals surface area contributed by atoms with Crippen LogP contribution in [0.4, 0.5) is 8.78 Å². The van der Waals surface area contributed by atoms with Gasteiger partial charge in [-0.25, -0.2) is 8.78 Å². The van der Waals surface area contributed by atoms with E-state index in [1.165, 1.54) is 25.0 Å². The highest BCUT2D eigenvalue weighted by Gasteiger charge is 2.30. The molecule has 116 valence electrons. The third-order valence-electron chi connectivity index (χ3n) is 5.59. The van der Waals surface area contributed by atoms with Gasteiger partial charge in [-0.05, 0) is 86.8 Å². The lowest BCUT2D eigenvalue weighted by Gasteiger charge is -2.37. The maximum absolute atomic E-state index is 13.3. The van der Waals surface area contributed by atoms with Crippen LogP contribution < -0.4 is 0 Å². The van der Waals surface area contributed by atoms with Crippen molar-refractivity contribution in [3.63, 3.8) is 0 Å². The fraction of sp³-hybridized carbons (Fsp3) is 0.667. The van der Waals surface area contributed by atoms with Gasteiger partial charge in [0.1, 0.15) is 0 Å². The van der Waals surface area contributed by atoms with Crippen molar-refractivity contribution in [3.05, 3.63) is 35.4 Å². The topological polar surface area (TPSA) is 20.2 Å². The first-order valence-electron chi connectivity index (χ1n) is 8.26. The monoisotopic (exact) mass is 294 g/mol. The number of hydrogen-bond donors (Lipinski definition) is 1. The van der Waals surface area contributed by atoms with Crippen LogP contribution in [-0.2, 0) is 0 Å². The summed E-state index contributed by atoms with van der Waals surface area (Å²) in [5, 5.41) is 9.60. The van der Waals surface area contributed by atoms with E-state index in [9.17, 15) is 13.9 Å². The number of hydrogen-bond acceptors (Lipinski definition) is 1. The second-order valence-electron chi connectivity index (χ2n) is 6.85. The van der Waals surface area contributed by atoms with Gasteiger partial charge in [0.2, 0.25) is 0 Å². The van der Waals surface area contributed by atoms with Crippen molar-refractivity contribution in [1.29, 1.82) is 0 Å². The average Bonchev–Trinajstić information content (AvgIpc) is 2.51. The smallest absolute Gasteiger partial charge is 0.159 e. The summed E-state index contributed by atoms with van der Waals surface area (Å²) < 4.78 is 26.3. The Morgan fingerprint density at radius 2 is 1.33 bits per heavy atom. The lowest BCUT2D eigenvalue weighted by Crippen LogP contribution is -2.27. The maximum atomic E-state index is 13.3. The Kier molecular flexibility index (Phi) is 4.58. The molecule has 0 bridgehead atoms. The second-order valence-corrected chi connectivity index (χ2v) is 6.85. The third kappa shape index (κ3) is 3.45. The Balaban J connectivity index is 1.56. The summed E-state index contributed by atoms with van der Waals surface area (Å²) in [4.78, 5) is 0. The summed E-state index contributed by atoms with van der Waals surface area (Å²) in [5.41, 5.74) is 0.950. The van der Waals surface area contributed by atoms with Crippen molar-refractivity contribution in [1.82, 2.24) is 0 Å². The van der Waals surface area contributed by atoms with Gasteiger partial charge in [0, 0.05) is 0 Å². The molecule has 0 atom stereocenters. The zero-order chi connectivity index (χ0) is 14.8. The molecule has 3 heteroatoms. The molecule has 21 heavy (non-hydrogen) atoms. The van der Waals surface area contributed by atoms with Crippen LogP contribution in [0.1, 0.15) is 62.8 Å². The van der Waals surface area contributed by atoms with Crippen molar-refractivity contribution in [3.8, 4) is 0 Å². The number of rotatable bonds is 2. The maximum Gasteiger partial charge on any atom is 0.159 e. The van der Waals surface area contributed by atoms with Gasteiger partial charge in [-0.15, -0.1) is 0 Å². The summed E-state index contributed by atoms with van der Waals surface area (Å²) in [6.07, 6.45) is 8.66. The molecule has 0 spiro atoms. The van der Waals surface area contributed by atoms with Crippen LogP contribution in [0, 0.1) is 23.5 Å². The lowest BCUT2D eigenvalue weighted by atomic mass is 9.69. The van der Waals surface area contributed by atoms with E-state index in [-0.39, 0.29) is 6.10 Å². The van der Waals surface area contributed by atoms with E-state index < -0.39 is 11.6 Å². The van der Waals surface area contributed by atoms with Crippen LogP contribution in [0.2, 0.25) is 0 Å². The van der Waals surface area contributed by atoms with Gasteiger partial charge < -0.3 is 5.11 Å². The molecule has 1 N–H and O–H groups in total. The second kappa shape index (κ2) is 6.43. The molecule has 1 aromatic rings. The van der Waals surface area contributed by atoms with Crippen molar-refractivity contribution in [2.75, 3.05) is 0 Å². The highest BCUT2D eigenvalue weighted by atomic mass is 19.2. The van der Waals surface area contributed by atoms with Crippen LogP contribution in [0.3, 0.4) is 0 Å². The van der Waals surface area contributed by atoms with Crippen LogP contribution >= 0.6 is 0 Å². The first-order chi connectivity index (χ1) is 10.1. The Bertz CT molecular complexity index is 472. The quantitative estimate of drug-likeness (QED) is 0.831. The number of benzene rings is 1. The summed E-state index contributed by atoms with van der Waals surface area (Å²) >= 11 is 0. The fourth-order valence-corrected chi connectivity index (χ4v) is 4.26. The minimum Gasteiger partial charge on any atom is -0.393 e. The van der Waals surface area contributed by atoms with Gasteiger partial charge in [-0.1, -0.05) is 6.07 Å².